The smallest absolute Gasteiger partial charge is 0.239 e. The summed E-state index contributed by atoms with van der Waals surface area (Å²) in [7, 11) is 0. The van der Waals surface area contributed by atoms with Crippen molar-refractivity contribution in [1.82, 2.24) is 15.0 Å². The number of carbonyl (C=O) groups excluding carboxylic acids is 2. The highest BCUT2D eigenvalue weighted by atomic mass is 16.5. The van der Waals surface area contributed by atoms with Gasteiger partial charge in [-0.05, 0) is 25.7 Å². The lowest BCUT2D eigenvalue weighted by Crippen LogP contribution is -2.50. The fourth-order valence-corrected chi connectivity index (χ4v) is 3.18. The molecule has 1 aliphatic heterocycles. The van der Waals surface area contributed by atoms with Crippen LogP contribution in [-0.4, -0.2) is 59.5 Å². The first-order valence-electron chi connectivity index (χ1n) is 8.50. The van der Waals surface area contributed by atoms with E-state index >= 15 is 0 Å². The Labute approximate surface area is 141 Å². The van der Waals surface area contributed by atoms with E-state index < -0.39 is 0 Å². The Morgan fingerprint density at radius 1 is 1.33 bits per heavy atom. The number of aromatic nitrogens is 1. The SMILES string of the molecule is Cc1cc(NC(=O)CN2CCN(C(=O)C[C@@H]3C=CCC3)CC2)no1. The molecule has 0 spiro atoms. The Hall–Kier alpha value is -2.15. The van der Waals surface area contributed by atoms with Crippen molar-refractivity contribution in [2.24, 2.45) is 5.92 Å². The molecule has 7 nitrogen and oxygen atoms in total. The zero-order valence-corrected chi connectivity index (χ0v) is 14.0. The lowest BCUT2D eigenvalue weighted by atomic mass is 10.0. The second-order valence-electron chi connectivity index (χ2n) is 6.50. The summed E-state index contributed by atoms with van der Waals surface area (Å²) >= 11 is 0. The van der Waals surface area contributed by atoms with E-state index in [9.17, 15) is 9.59 Å². The predicted molar refractivity (Wildman–Crippen MR) is 89.4 cm³/mol. The maximum atomic E-state index is 12.3. The van der Waals surface area contributed by atoms with Crippen LogP contribution in [0.1, 0.15) is 25.0 Å². The van der Waals surface area contributed by atoms with Gasteiger partial charge in [0.05, 0.1) is 6.54 Å². The third-order valence-corrected chi connectivity index (χ3v) is 4.54. The third-order valence-electron chi connectivity index (χ3n) is 4.54. The largest absolute Gasteiger partial charge is 0.360 e. The van der Waals surface area contributed by atoms with Crippen LogP contribution < -0.4 is 5.32 Å². The Morgan fingerprint density at radius 2 is 2.12 bits per heavy atom. The lowest BCUT2D eigenvalue weighted by Gasteiger charge is -2.34. The monoisotopic (exact) mass is 332 g/mol. The fraction of sp³-hybridized carbons (Fsp3) is 0.588. The predicted octanol–water partition coefficient (Wildman–Crippen LogP) is 1.42. The molecule has 1 aliphatic carbocycles. The molecule has 2 heterocycles. The van der Waals surface area contributed by atoms with Gasteiger partial charge in [0.15, 0.2) is 5.82 Å². The van der Waals surface area contributed by atoms with E-state index in [-0.39, 0.29) is 11.8 Å². The van der Waals surface area contributed by atoms with Crippen molar-refractivity contribution in [3.05, 3.63) is 24.0 Å². The number of hydrogen-bond acceptors (Lipinski definition) is 5. The molecule has 3 rings (SSSR count). The molecule has 0 radical (unpaired) electrons. The van der Waals surface area contributed by atoms with Gasteiger partial charge in [0.1, 0.15) is 5.76 Å². The van der Waals surface area contributed by atoms with Gasteiger partial charge in [0, 0.05) is 38.7 Å². The molecule has 0 unspecified atom stereocenters. The molecule has 130 valence electrons. The second-order valence-corrected chi connectivity index (χ2v) is 6.50. The molecule has 1 saturated heterocycles. The van der Waals surface area contributed by atoms with Crippen LogP contribution in [0.3, 0.4) is 0 Å². The van der Waals surface area contributed by atoms with Crippen LogP contribution in [0.15, 0.2) is 22.7 Å². The van der Waals surface area contributed by atoms with Crippen molar-refractivity contribution in [2.45, 2.75) is 26.2 Å². The molecule has 7 heteroatoms. The quantitative estimate of drug-likeness (QED) is 0.825. The number of amides is 2. The first-order valence-corrected chi connectivity index (χ1v) is 8.50. The normalized spacial score (nSPS) is 21.2. The molecule has 0 saturated carbocycles. The summed E-state index contributed by atoms with van der Waals surface area (Å²) in [6.45, 7) is 4.89. The van der Waals surface area contributed by atoms with Crippen LogP contribution in [0.4, 0.5) is 5.82 Å². The summed E-state index contributed by atoms with van der Waals surface area (Å²) in [5.74, 6) is 1.63. The Bertz CT molecular complexity index is 617. The highest BCUT2D eigenvalue weighted by Gasteiger charge is 2.24. The summed E-state index contributed by atoms with van der Waals surface area (Å²) in [4.78, 5) is 28.3. The zero-order chi connectivity index (χ0) is 16.9. The number of carbonyl (C=O) groups is 2. The third kappa shape index (κ3) is 4.44. The van der Waals surface area contributed by atoms with Crippen molar-refractivity contribution in [1.29, 1.82) is 0 Å². The van der Waals surface area contributed by atoms with Gasteiger partial charge in [0.2, 0.25) is 11.8 Å². The van der Waals surface area contributed by atoms with E-state index in [1.54, 1.807) is 13.0 Å². The average molecular weight is 332 g/mol. The Kier molecular flexibility index (Phi) is 5.30. The van der Waals surface area contributed by atoms with Gasteiger partial charge in [-0.1, -0.05) is 17.3 Å². The second kappa shape index (κ2) is 7.61. The minimum absolute atomic E-state index is 0.112. The molecule has 1 N–H and O–H groups in total. The molecule has 1 fully saturated rings. The summed E-state index contributed by atoms with van der Waals surface area (Å²) in [5.41, 5.74) is 0. The molecule has 0 aromatic carbocycles. The zero-order valence-electron chi connectivity index (χ0n) is 14.0. The standard InChI is InChI=1S/C17H24N4O3/c1-13-10-15(19-24-13)18-16(22)12-20-6-8-21(9-7-20)17(23)11-14-4-2-3-5-14/h2,4,10,14H,3,5-9,11-12H2,1H3,(H,18,19,22)/t14-/m1/s1. The van der Waals surface area contributed by atoms with Gasteiger partial charge < -0.3 is 14.7 Å². The van der Waals surface area contributed by atoms with Crippen LogP contribution in [0, 0.1) is 12.8 Å². The van der Waals surface area contributed by atoms with Gasteiger partial charge in [-0.2, -0.15) is 0 Å². The highest BCUT2D eigenvalue weighted by Crippen LogP contribution is 2.21. The summed E-state index contributed by atoms with van der Waals surface area (Å²) in [6.07, 6.45) is 7.11. The highest BCUT2D eigenvalue weighted by molar-refractivity contribution is 5.91. The Balaban J connectivity index is 1.39. The van der Waals surface area contributed by atoms with Gasteiger partial charge in [-0.25, -0.2) is 0 Å². The number of anilines is 1. The number of nitrogens with zero attached hydrogens (tertiary/aromatic N) is 3. The number of nitrogens with one attached hydrogen (secondary N) is 1. The number of aryl methyl sites for hydroxylation is 1. The Morgan fingerprint density at radius 3 is 2.75 bits per heavy atom. The van der Waals surface area contributed by atoms with Crippen molar-refractivity contribution >= 4 is 17.6 Å². The molecule has 24 heavy (non-hydrogen) atoms. The minimum Gasteiger partial charge on any atom is -0.360 e. The van der Waals surface area contributed by atoms with Gasteiger partial charge >= 0.3 is 0 Å². The number of hydrogen-bond donors (Lipinski definition) is 1. The molecule has 2 aliphatic rings. The molecule has 1 atom stereocenters. The van der Waals surface area contributed by atoms with Crippen LogP contribution >= 0.6 is 0 Å². The first-order chi connectivity index (χ1) is 11.6. The molecular formula is C17H24N4O3. The minimum atomic E-state index is -0.112. The van der Waals surface area contributed by atoms with Crippen LogP contribution in [0.2, 0.25) is 0 Å². The van der Waals surface area contributed by atoms with Crippen molar-refractivity contribution < 1.29 is 14.1 Å². The summed E-state index contributed by atoms with van der Waals surface area (Å²) < 4.78 is 4.92. The summed E-state index contributed by atoms with van der Waals surface area (Å²) in [6, 6.07) is 1.69. The van der Waals surface area contributed by atoms with E-state index in [2.05, 4.69) is 27.5 Å². The molecule has 0 bridgehead atoms. The van der Waals surface area contributed by atoms with Gasteiger partial charge in [-0.3, -0.25) is 14.5 Å². The summed E-state index contributed by atoms with van der Waals surface area (Å²) in [5, 5.41) is 6.47. The number of piperazine rings is 1. The van der Waals surface area contributed by atoms with Crippen LogP contribution in [0.25, 0.3) is 0 Å². The van der Waals surface area contributed by atoms with E-state index in [0.29, 0.717) is 43.6 Å². The first kappa shape index (κ1) is 16.7. The number of rotatable bonds is 5. The maximum Gasteiger partial charge on any atom is 0.239 e. The van der Waals surface area contributed by atoms with E-state index in [0.717, 1.165) is 25.9 Å². The average Bonchev–Trinajstić information content (AvgIpc) is 3.20. The van der Waals surface area contributed by atoms with Crippen molar-refractivity contribution in [3.63, 3.8) is 0 Å². The van der Waals surface area contributed by atoms with Crippen LogP contribution in [0.5, 0.6) is 0 Å². The lowest BCUT2D eigenvalue weighted by molar-refractivity contribution is -0.133. The van der Waals surface area contributed by atoms with E-state index in [4.69, 9.17) is 4.52 Å². The van der Waals surface area contributed by atoms with E-state index in [1.165, 1.54) is 0 Å². The molecule has 1 aromatic rings. The maximum absolute atomic E-state index is 12.3. The van der Waals surface area contributed by atoms with Crippen LogP contribution in [-0.2, 0) is 9.59 Å². The van der Waals surface area contributed by atoms with Gasteiger partial charge in [0.25, 0.3) is 0 Å². The van der Waals surface area contributed by atoms with Crippen molar-refractivity contribution in [2.75, 3.05) is 38.0 Å². The van der Waals surface area contributed by atoms with Crippen molar-refractivity contribution in [3.8, 4) is 0 Å². The van der Waals surface area contributed by atoms with Gasteiger partial charge in [-0.15, -0.1) is 0 Å². The molecular weight excluding hydrogens is 308 g/mol. The number of allylic oxidation sites excluding steroid dienone is 2. The van der Waals surface area contributed by atoms with E-state index in [1.807, 2.05) is 4.90 Å². The molecule has 2 amide bonds. The topological polar surface area (TPSA) is 78.7 Å². The fourth-order valence-electron chi connectivity index (χ4n) is 3.18. The molecule has 1 aromatic heterocycles.